The molecule has 3 rings (SSSR count). The first-order valence-corrected chi connectivity index (χ1v) is 9.79. The van der Waals surface area contributed by atoms with Gasteiger partial charge in [-0.15, -0.1) is 0 Å². The number of halogens is 1. The Morgan fingerprint density at radius 1 is 1.43 bits per heavy atom. The van der Waals surface area contributed by atoms with Gasteiger partial charge < -0.3 is 15.0 Å². The van der Waals surface area contributed by atoms with Gasteiger partial charge in [0.2, 0.25) is 11.8 Å². The fourth-order valence-corrected chi connectivity index (χ4v) is 3.55. The zero-order valence-electron chi connectivity index (χ0n) is 16.4. The van der Waals surface area contributed by atoms with E-state index in [0.29, 0.717) is 28.8 Å². The summed E-state index contributed by atoms with van der Waals surface area (Å²) in [6.45, 7) is 5.09. The van der Waals surface area contributed by atoms with Gasteiger partial charge in [0.25, 0.3) is 0 Å². The fourth-order valence-electron chi connectivity index (χ4n) is 3.29. The first kappa shape index (κ1) is 20.2. The molecule has 1 aromatic heterocycles. The molecule has 2 aromatic rings. The molecule has 28 heavy (non-hydrogen) atoms. The number of rotatable bonds is 7. The molecule has 2 amide bonds. The average Bonchev–Trinajstić information content (AvgIpc) is 3.23. The van der Waals surface area contributed by atoms with Gasteiger partial charge in [-0.3, -0.25) is 9.59 Å². The van der Waals surface area contributed by atoms with Crippen molar-refractivity contribution in [1.82, 2.24) is 9.78 Å². The molecule has 1 aromatic carbocycles. The predicted molar refractivity (Wildman–Crippen MR) is 109 cm³/mol. The van der Waals surface area contributed by atoms with Crippen molar-refractivity contribution in [3.05, 3.63) is 35.0 Å². The maximum absolute atomic E-state index is 12.8. The highest BCUT2D eigenvalue weighted by atomic mass is 35.5. The third-order valence-corrected chi connectivity index (χ3v) is 5.23. The summed E-state index contributed by atoms with van der Waals surface area (Å²) in [5.74, 6) is 0.552. The maximum atomic E-state index is 12.8. The van der Waals surface area contributed by atoms with Crippen molar-refractivity contribution in [2.24, 2.45) is 5.92 Å². The minimum Gasteiger partial charge on any atom is -0.495 e. The Balaban J connectivity index is 1.71. The third-order valence-electron chi connectivity index (χ3n) is 4.93. The van der Waals surface area contributed by atoms with E-state index >= 15 is 0 Å². The molecular weight excluding hydrogens is 380 g/mol. The summed E-state index contributed by atoms with van der Waals surface area (Å²) >= 11 is 6.17. The summed E-state index contributed by atoms with van der Waals surface area (Å²) in [5.41, 5.74) is 1.57. The minimum absolute atomic E-state index is 0.0994. The van der Waals surface area contributed by atoms with Crippen molar-refractivity contribution in [1.29, 1.82) is 0 Å². The van der Waals surface area contributed by atoms with E-state index in [2.05, 4.69) is 17.3 Å². The van der Waals surface area contributed by atoms with E-state index in [1.807, 2.05) is 11.6 Å². The molecule has 1 aliphatic heterocycles. The molecule has 0 saturated carbocycles. The zero-order chi connectivity index (χ0) is 20.3. The second-order valence-corrected chi connectivity index (χ2v) is 7.37. The number of aryl methyl sites for hydroxylation is 2. The number of nitrogens with one attached hydrogen (secondary N) is 1. The van der Waals surface area contributed by atoms with Gasteiger partial charge in [0, 0.05) is 30.8 Å². The number of methoxy groups -OCH3 is 1. The number of carbonyl (C=O) groups is 2. The normalized spacial score (nSPS) is 16.5. The van der Waals surface area contributed by atoms with Crippen LogP contribution in [0.5, 0.6) is 5.75 Å². The van der Waals surface area contributed by atoms with Gasteiger partial charge in [-0.05, 0) is 31.5 Å². The van der Waals surface area contributed by atoms with Crippen LogP contribution in [0.15, 0.2) is 24.4 Å². The topological polar surface area (TPSA) is 76.5 Å². The molecule has 1 unspecified atom stereocenters. The lowest BCUT2D eigenvalue weighted by atomic mass is 10.1. The van der Waals surface area contributed by atoms with E-state index in [9.17, 15) is 9.59 Å². The molecule has 1 N–H and O–H groups in total. The van der Waals surface area contributed by atoms with E-state index in [1.54, 1.807) is 29.3 Å². The van der Waals surface area contributed by atoms with Crippen molar-refractivity contribution >= 4 is 34.9 Å². The number of benzene rings is 1. The van der Waals surface area contributed by atoms with Crippen molar-refractivity contribution in [2.75, 3.05) is 23.9 Å². The van der Waals surface area contributed by atoms with Crippen LogP contribution in [-0.2, 0) is 16.1 Å². The van der Waals surface area contributed by atoms with Gasteiger partial charge in [0.15, 0.2) is 0 Å². The monoisotopic (exact) mass is 404 g/mol. The highest BCUT2D eigenvalue weighted by Gasteiger charge is 2.35. The predicted octanol–water partition coefficient (Wildman–Crippen LogP) is 3.65. The molecule has 0 radical (unpaired) electrons. The molecule has 0 aliphatic carbocycles. The molecule has 0 spiro atoms. The smallest absolute Gasteiger partial charge is 0.230 e. The average molecular weight is 405 g/mol. The first-order valence-electron chi connectivity index (χ1n) is 9.41. The second kappa shape index (κ2) is 8.65. The number of hydrogen-bond donors (Lipinski definition) is 1. The van der Waals surface area contributed by atoms with Crippen LogP contribution in [0.3, 0.4) is 0 Å². The molecule has 2 heterocycles. The summed E-state index contributed by atoms with van der Waals surface area (Å²) < 4.78 is 6.96. The van der Waals surface area contributed by atoms with Crippen LogP contribution in [-0.4, -0.2) is 35.2 Å². The molecule has 1 fully saturated rings. The van der Waals surface area contributed by atoms with Crippen molar-refractivity contribution in [3.63, 3.8) is 0 Å². The quantitative estimate of drug-likeness (QED) is 0.764. The number of anilines is 2. The van der Waals surface area contributed by atoms with Crippen molar-refractivity contribution < 1.29 is 14.3 Å². The Morgan fingerprint density at radius 2 is 2.21 bits per heavy atom. The van der Waals surface area contributed by atoms with Gasteiger partial charge in [0.1, 0.15) is 11.6 Å². The van der Waals surface area contributed by atoms with Crippen LogP contribution in [0.1, 0.15) is 31.7 Å². The molecule has 7 nitrogen and oxygen atoms in total. The SMILES string of the molecule is CCCCn1ncc(C)c1NC(=O)C1CC(=O)N(c2ccc(OC)c(Cl)c2)C1. The third kappa shape index (κ3) is 4.14. The van der Waals surface area contributed by atoms with Gasteiger partial charge >= 0.3 is 0 Å². The van der Waals surface area contributed by atoms with Crippen LogP contribution < -0.4 is 15.0 Å². The van der Waals surface area contributed by atoms with Gasteiger partial charge in [-0.25, -0.2) is 4.68 Å². The largest absolute Gasteiger partial charge is 0.495 e. The number of carbonyl (C=O) groups excluding carboxylic acids is 2. The van der Waals surface area contributed by atoms with E-state index in [4.69, 9.17) is 16.3 Å². The van der Waals surface area contributed by atoms with Crippen LogP contribution in [0.25, 0.3) is 0 Å². The lowest BCUT2D eigenvalue weighted by Gasteiger charge is -2.18. The number of unbranched alkanes of at least 4 members (excludes halogenated alkanes) is 1. The summed E-state index contributed by atoms with van der Waals surface area (Å²) in [6.07, 6.45) is 3.94. The molecule has 1 atom stereocenters. The number of hydrogen-bond acceptors (Lipinski definition) is 4. The van der Waals surface area contributed by atoms with Gasteiger partial charge in [-0.1, -0.05) is 24.9 Å². The summed E-state index contributed by atoms with van der Waals surface area (Å²) in [7, 11) is 1.54. The van der Waals surface area contributed by atoms with Crippen LogP contribution >= 0.6 is 11.6 Å². The van der Waals surface area contributed by atoms with Gasteiger partial charge in [-0.2, -0.15) is 5.10 Å². The fraction of sp³-hybridized carbons (Fsp3) is 0.450. The second-order valence-electron chi connectivity index (χ2n) is 6.97. The molecule has 1 saturated heterocycles. The lowest BCUT2D eigenvalue weighted by molar-refractivity contribution is -0.122. The summed E-state index contributed by atoms with van der Waals surface area (Å²) in [6, 6.07) is 5.17. The summed E-state index contributed by atoms with van der Waals surface area (Å²) in [4.78, 5) is 26.9. The Morgan fingerprint density at radius 3 is 2.89 bits per heavy atom. The van der Waals surface area contributed by atoms with Crippen molar-refractivity contribution in [2.45, 2.75) is 39.7 Å². The van der Waals surface area contributed by atoms with E-state index in [-0.39, 0.29) is 18.2 Å². The Labute approximate surface area is 169 Å². The zero-order valence-corrected chi connectivity index (χ0v) is 17.1. The molecule has 1 aliphatic rings. The molecular formula is C20H25ClN4O3. The Kier molecular flexibility index (Phi) is 6.24. The van der Waals surface area contributed by atoms with Crippen molar-refractivity contribution in [3.8, 4) is 5.75 Å². The first-order chi connectivity index (χ1) is 13.4. The van der Waals surface area contributed by atoms with E-state index in [0.717, 1.165) is 24.9 Å². The number of nitrogens with zero attached hydrogens (tertiary/aromatic N) is 3. The summed E-state index contributed by atoms with van der Waals surface area (Å²) in [5, 5.41) is 7.73. The van der Waals surface area contributed by atoms with E-state index < -0.39 is 5.92 Å². The van der Waals surface area contributed by atoms with Crippen LogP contribution in [0, 0.1) is 12.8 Å². The minimum atomic E-state index is -0.428. The molecule has 0 bridgehead atoms. The molecule has 8 heteroatoms. The van der Waals surface area contributed by atoms with E-state index in [1.165, 1.54) is 7.11 Å². The van der Waals surface area contributed by atoms with Crippen LogP contribution in [0.4, 0.5) is 11.5 Å². The standard InChI is InChI=1S/C20H25ClN4O3/c1-4-5-8-25-19(13(2)11-22-25)23-20(27)14-9-18(26)24(12-14)15-6-7-17(28-3)16(21)10-15/h6-7,10-11,14H,4-5,8-9,12H2,1-3H3,(H,23,27). The lowest BCUT2D eigenvalue weighted by Crippen LogP contribution is -2.29. The number of ether oxygens (including phenoxy) is 1. The Hall–Kier alpha value is -2.54. The highest BCUT2D eigenvalue weighted by molar-refractivity contribution is 6.32. The highest BCUT2D eigenvalue weighted by Crippen LogP contribution is 2.32. The Bertz CT molecular complexity index is 880. The molecule has 150 valence electrons. The number of aromatic nitrogens is 2. The number of amides is 2. The van der Waals surface area contributed by atoms with Gasteiger partial charge in [0.05, 0.1) is 24.2 Å². The van der Waals surface area contributed by atoms with Crippen LogP contribution in [0.2, 0.25) is 5.02 Å². The maximum Gasteiger partial charge on any atom is 0.230 e.